The van der Waals surface area contributed by atoms with E-state index >= 15 is 0 Å². The zero-order chi connectivity index (χ0) is 31.4. The fraction of sp³-hybridized carbons (Fsp3) is 0.567. The van der Waals surface area contributed by atoms with E-state index in [0.717, 1.165) is 5.39 Å². The molecule has 0 saturated carbocycles. The van der Waals surface area contributed by atoms with Crippen molar-refractivity contribution in [2.45, 2.75) is 82.8 Å². The fourth-order valence-electron chi connectivity index (χ4n) is 6.26. The molecule has 1 aromatic heterocycles. The highest BCUT2D eigenvalue weighted by Crippen LogP contribution is 2.28. The summed E-state index contributed by atoms with van der Waals surface area (Å²) in [5.41, 5.74) is 0.187. The van der Waals surface area contributed by atoms with Gasteiger partial charge in [-0.15, -0.1) is 0 Å². The van der Waals surface area contributed by atoms with E-state index in [1.165, 1.54) is 15.4 Å². The Bertz CT molecular complexity index is 1510. The van der Waals surface area contributed by atoms with Crippen LogP contribution < -0.4 is 10.6 Å². The predicted octanol–water partition coefficient (Wildman–Crippen LogP) is 1.32. The lowest BCUT2D eigenvalue weighted by Crippen LogP contribution is -2.69. The lowest BCUT2D eigenvalue weighted by atomic mass is 9.94. The molecule has 44 heavy (non-hydrogen) atoms. The molecule has 0 radical (unpaired) electrons. The molecule has 2 unspecified atom stereocenters. The zero-order valence-corrected chi connectivity index (χ0v) is 25.8. The number of pyridine rings is 1. The molecule has 1 aromatic carbocycles. The lowest BCUT2D eigenvalue weighted by molar-refractivity contribution is -0.165. The van der Waals surface area contributed by atoms with Crippen LogP contribution in [0.4, 0.5) is 0 Å². The van der Waals surface area contributed by atoms with Gasteiger partial charge in [-0.2, -0.15) is 4.31 Å². The number of benzene rings is 1. The first-order valence-electron chi connectivity index (χ1n) is 15.2. The van der Waals surface area contributed by atoms with Crippen molar-refractivity contribution in [1.82, 2.24) is 24.8 Å². The molecule has 3 saturated heterocycles. The highest BCUT2D eigenvalue weighted by Gasteiger charge is 2.48. The highest BCUT2D eigenvalue weighted by molar-refractivity contribution is 7.89. The van der Waals surface area contributed by atoms with E-state index in [-0.39, 0.29) is 37.6 Å². The molecule has 3 fully saturated rings. The average molecular weight is 630 g/mol. The van der Waals surface area contributed by atoms with E-state index in [2.05, 4.69) is 15.6 Å². The number of piperazine rings is 1. The Balaban J connectivity index is 1.44. The van der Waals surface area contributed by atoms with Crippen molar-refractivity contribution < 1.29 is 37.1 Å². The van der Waals surface area contributed by atoms with Gasteiger partial charge in [0.15, 0.2) is 0 Å². The minimum Gasteiger partial charge on any atom is -0.433 e. The molecule has 5 rings (SSSR count). The van der Waals surface area contributed by atoms with Gasteiger partial charge in [0, 0.05) is 37.3 Å². The number of ether oxygens (including phenoxy) is 2. The maximum atomic E-state index is 14.3. The van der Waals surface area contributed by atoms with E-state index in [1.54, 1.807) is 32.0 Å². The number of aromatic nitrogens is 1. The van der Waals surface area contributed by atoms with E-state index in [4.69, 9.17) is 9.47 Å². The van der Waals surface area contributed by atoms with Crippen LogP contribution in [0.25, 0.3) is 10.8 Å². The van der Waals surface area contributed by atoms with Crippen molar-refractivity contribution >= 4 is 44.5 Å². The number of cyclic esters (lactones) is 1. The predicted molar refractivity (Wildman–Crippen MR) is 160 cm³/mol. The molecule has 2 N–H and O–H groups in total. The third kappa shape index (κ3) is 6.71. The molecule has 0 aliphatic carbocycles. The quantitative estimate of drug-likeness (QED) is 0.390. The first-order chi connectivity index (χ1) is 21.1. The highest BCUT2D eigenvalue weighted by atomic mass is 32.2. The Morgan fingerprint density at radius 3 is 2.61 bits per heavy atom. The third-order valence-electron chi connectivity index (χ3n) is 8.33. The number of carbonyl (C=O) groups excluding carboxylic acids is 4. The number of rotatable bonds is 9. The van der Waals surface area contributed by atoms with E-state index < -0.39 is 64.2 Å². The van der Waals surface area contributed by atoms with Crippen LogP contribution in [0.3, 0.4) is 0 Å². The van der Waals surface area contributed by atoms with Crippen molar-refractivity contribution in [3.63, 3.8) is 0 Å². The molecular formula is C30H39N5O8S. The number of carbonyl (C=O) groups is 4. The van der Waals surface area contributed by atoms with Crippen LogP contribution in [0.1, 0.15) is 62.9 Å². The first-order valence-corrected chi connectivity index (χ1v) is 16.8. The minimum atomic E-state index is -3.70. The zero-order valence-electron chi connectivity index (χ0n) is 24.9. The van der Waals surface area contributed by atoms with Gasteiger partial charge in [0.25, 0.3) is 5.91 Å². The van der Waals surface area contributed by atoms with Gasteiger partial charge in [0.1, 0.15) is 23.8 Å². The number of nitrogens with zero attached hydrogens (tertiary/aromatic N) is 3. The summed E-state index contributed by atoms with van der Waals surface area (Å²) in [5, 5.41) is 7.12. The fourth-order valence-corrected chi connectivity index (χ4v) is 7.80. The van der Waals surface area contributed by atoms with E-state index in [1.807, 2.05) is 12.1 Å². The van der Waals surface area contributed by atoms with Crippen LogP contribution in [0.15, 0.2) is 36.5 Å². The van der Waals surface area contributed by atoms with Crippen molar-refractivity contribution in [2.75, 3.05) is 25.4 Å². The number of sulfonamides is 1. The summed E-state index contributed by atoms with van der Waals surface area (Å²) >= 11 is 0. The van der Waals surface area contributed by atoms with Gasteiger partial charge in [0.05, 0.1) is 12.2 Å². The van der Waals surface area contributed by atoms with Crippen LogP contribution in [0.2, 0.25) is 0 Å². The lowest BCUT2D eigenvalue weighted by Gasteiger charge is -2.47. The number of hydrogen-bond acceptors (Lipinski definition) is 9. The molecule has 2 aromatic rings. The van der Waals surface area contributed by atoms with Crippen LogP contribution >= 0.6 is 0 Å². The molecule has 5 atom stereocenters. The smallest absolute Gasteiger partial charge is 0.310 e. The first kappa shape index (κ1) is 31.8. The second kappa shape index (κ2) is 13.6. The van der Waals surface area contributed by atoms with Gasteiger partial charge in [-0.1, -0.05) is 44.0 Å². The number of hydrogen-bond donors (Lipinski definition) is 2. The topological polar surface area (TPSA) is 164 Å². The molecule has 4 heterocycles. The van der Waals surface area contributed by atoms with Crippen LogP contribution in [0.5, 0.6) is 0 Å². The van der Waals surface area contributed by atoms with Gasteiger partial charge >= 0.3 is 5.97 Å². The molecule has 0 bridgehead atoms. The molecule has 3 aliphatic heterocycles. The molecule has 0 spiro atoms. The summed E-state index contributed by atoms with van der Waals surface area (Å²) in [6.45, 7) is 3.55. The summed E-state index contributed by atoms with van der Waals surface area (Å²) in [7, 11) is -3.70. The Labute approximate surface area is 256 Å². The van der Waals surface area contributed by atoms with Gasteiger partial charge in [0.2, 0.25) is 28.1 Å². The van der Waals surface area contributed by atoms with Crippen LogP contribution in [-0.4, -0.2) is 102 Å². The minimum absolute atomic E-state index is 0.0516. The number of nitrogens with one attached hydrogen (secondary N) is 2. The summed E-state index contributed by atoms with van der Waals surface area (Å²) in [5.74, 6) is -2.21. The molecule has 3 amide bonds. The molecule has 3 aliphatic rings. The summed E-state index contributed by atoms with van der Waals surface area (Å²) in [6, 6.07) is 5.59. The summed E-state index contributed by atoms with van der Waals surface area (Å²) < 4.78 is 38.4. The monoisotopic (exact) mass is 629 g/mol. The SMILES string of the molecule is CCCS(=O)(=O)N1C[C@@H]2CCCC[C@H](NC(=O)c3nccc4ccccc34)C(=O)N2[C@H](C(=O)NC2CC(=O)OC2OCC)C1. The van der Waals surface area contributed by atoms with Crippen LogP contribution in [0, 0.1) is 0 Å². The Hall–Kier alpha value is -3.62. The maximum Gasteiger partial charge on any atom is 0.310 e. The van der Waals surface area contributed by atoms with Gasteiger partial charge in [-0.05, 0) is 37.6 Å². The van der Waals surface area contributed by atoms with Gasteiger partial charge < -0.3 is 25.0 Å². The molecular weight excluding hydrogens is 590 g/mol. The van der Waals surface area contributed by atoms with E-state index in [9.17, 15) is 27.6 Å². The number of esters is 1. The normalized spacial score (nSPS) is 26.4. The van der Waals surface area contributed by atoms with Gasteiger partial charge in [-0.3, -0.25) is 24.2 Å². The Morgan fingerprint density at radius 1 is 1.07 bits per heavy atom. The van der Waals surface area contributed by atoms with Crippen LogP contribution in [-0.2, 0) is 33.9 Å². The van der Waals surface area contributed by atoms with Crippen molar-refractivity contribution in [3.05, 3.63) is 42.2 Å². The third-order valence-corrected chi connectivity index (χ3v) is 10.3. The standard InChI is InChI=1S/C30H39N5O8S/c1-3-15-44(40,41)34-17-20-10-6-8-12-22(32-28(38)26-21-11-7-5-9-19(21)13-14-31-26)29(39)35(20)24(18-34)27(37)33-23-16-25(36)43-30(23)42-4-2/h5,7,9,11,13-14,20,22-24,30H,3-4,6,8,10,12,15-18H2,1-2H3,(H,32,38)(H,33,37)/t20-,22-,23?,24-,30?/m0/s1. The van der Waals surface area contributed by atoms with Crippen molar-refractivity contribution in [1.29, 1.82) is 0 Å². The Morgan fingerprint density at radius 2 is 1.84 bits per heavy atom. The average Bonchev–Trinajstić information content (AvgIpc) is 3.34. The Kier molecular flexibility index (Phi) is 9.81. The van der Waals surface area contributed by atoms with Gasteiger partial charge in [-0.25, -0.2) is 8.42 Å². The number of fused-ring (bicyclic) bond motifs is 2. The second-order valence-corrected chi connectivity index (χ2v) is 13.5. The second-order valence-electron chi connectivity index (χ2n) is 11.4. The van der Waals surface area contributed by atoms with E-state index in [0.29, 0.717) is 37.5 Å². The largest absolute Gasteiger partial charge is 0.433 e. The molecule has 14 heteroatoms. The number of amides is 3. The van der Waals surface area contributed by atoms with Crippen molar-refractivity contribution in [3.8, 4) is 0 Å². The molecule has 13 nitrogen and oxygen atoms in total. The van der Waals surface area contributed by atoms with Crippen molar-refractivity contribution in [2.24, 2.45) is 0 Å². The summed E-state index contributed by atoms with van der Waals surface area (Å²) in [6.07, 6.45) is 2.97. The maximum absolute atomic E-state index is 14.3. The summed E-state index contributed by atoms with van der Waals surface area (Å²) in [4.78, 5) is 59.4. The molecule has 238 valence electrons.